The van der Waals surface area contributed by atoms with Crippen LogP contribution in [0.25, 0.3) is 0 Å². The van der Waals surface area contributed by atoms with Gasteiger partial charge in [-0.15, -0.1) is 0 Å². The third kappa shape index (κ3) is 2.05. The minimum absolute atomic E-state index is 0.583. The van der Waals surface area contributed by atoms with Crippen molar-refractivity contribution in [1.29, 1.82) is 0 Å². The molecule has 0 saturated carbocycles. The van der Waals surface area contributed by atoms with Crippen LogP contribution in [0.15, 0.2) is 35.6 Å². The molecule has 1 N–H and O–H groups in total. The molecule has 58 valence electrons. The molecule has 0 amide bonds. The molecule has 0 fully saturated rings. The van der Waals surface area contributed by atoms with Crippen LogP contribution in [-0.2, 0) is 9.68 Å². The summed E-state index contributed by atoms with van der Waals surface area (Å²) in [5, 5.41) is 8.06. The lowest BCUT2D eigenvalue weighted by atomic mass is 10.0. The van der Waals surface area contributed by atoms with Gasteiger partial charge in [-0.05, 0) is 18.1 Å². The summed E-state index contributed by atoms with van der Waals surface area (Å²) < 4.78 is 0. The number of rotatable bonds is 2. The summed E-state index contributed by atoms with van der Waals surface area (Å²) in [6.45, 7) is 0. The van der Waals surface area contributed by atoms with Gasteiger partial charge in [0.15, 0.2) is 0 Å². The minimum atomic E-state index is 0.583. The van der Waals surface area contributed by atoms with Crippen molar-refractivity contribution in [2.24, 2.45) is 0 Å². The van der Waals surface area contributed by atoms with Gasteiger partial charge in [0.2, 0.25) is 0 Å². The van der Waals surface area contributed by atoms with E-state index in [0.717, 1.165) is 11.9 Å². The van der Waals surface area contributed by atoms with Crippen LogP contribution in [0, 0.1) is 0 Å². The first-order chi connectivity index (χ1) is 5.36. The molecule has 0 aromatic heterocycles. The van der Waals surface area contributed by atoms with Crippen LogP contribution >= 0.6 is 0 Å². The maximum Gasteiger partial charge on any atom is 0.150 e. The first-order valence-corrected chi connectivity index (χ1v) is 3.19. The van der Waals surface area contributed by atoms with E-state index in [9.17, 15) is 4.79 Å². The molecule has 0 aromatic carbocycles. The molecule has 0 heterocycles. The molecule has 3 heteroatoms. The zero-order valence-electron chi connectivity index (χ0n) is 5.86. The van der Waals surface area contributed by atoms with Crippen LogP contribution in [-0.4, -0.2) is 11.5 Å². The van der Waals surface area contributed by atoms with E-state index in [4.69, 9.17) is 5.26 Å². The maximum atomic E-state index is 10.3. The Morgan fingerprint density at radius 3 is 3.09 bits per heavy atom. The number of carbonyl (C=O) groups is 1. The third-order valence-electron chi connectivity index (χ3n) is 1.36. The molecule has 0 spiro atoms. The predicted octanol–water partition coefficient (Wildman–Crippen LogP) is 1.45. The summed E-state index contributed by atoms with van der Waals surface area (Å²) in [6, 6.07) is 0. The average molecular weight is 152 g/mol. The summed E-state index contributed by atoms with van der Waals surface area (Å²) in [5.41, 5.74) is 1.36. The van der Waals surface area contributed by atoms with Crippen molar-refractivity contribution >= 4 is 6.29 Å². The van der Waals surface area contributed by atoms with Crippen molar-refractivity contribution in [3.05, 3.63) is 35.6 Å². The smallest absolute Gasteiger partial charge is 0.150 e. The second-order valence-electron chi connectivity index (χ2n) is 2.17. The molecule has 1 rings (SSSR count). The quantitative estimate of drug-likeness (QED) is 0.282. The van der Waals surface area contributed by atoms with Crippen molar-refractivity contribution in [3.63, 3.8) is 0 Å². The maximum absolute atomic E-state index is 10.3. The van der Waals surface area contributed by atoms with Gasteiger partial charge >= 0.3 is 0 Å². The fourth-order valence-corrected chi connectivity index (χ4v) is 0.875. The molecule has 1 aliphatic rings. The standard InChI is InChI=1S/C8H8O3/c9-5-7-2-1-3-8(4-7)6-11-10/h1-2,4-6,10H,3H2. The monoisotopic (exact) mass is 152 g/mol. The van der Waals surface area contributed by atoms with Gasteiger partial charge in [-0.2, -0.15) is 0 Å². The molecule has 0 aliphatic heterocycles. The highest BCUT2D eigenvalue weighted by atomic mass is 17.1. The summed E-state index contributed by atoms with van der Waals surface area (Å²) in [6.07, 6.45) is 7.84. The fourth-order valence-electron chi connectivity index (χ4n) is 0.875. The molecule has 0 radical (unpaired) electrons. The van der Waals surface area contributed by atoms with Gasteiger partial charge in [-0.25, -0.2) is 5.26 Å². The minimum Gasteiger partial charge on any atom is -0.348 e. The Kier molecular flexibility index (Phi) is 2.63. The van der Waals surface area contributed by atoms with Crippen molar-refractivity contribution in [1.82, 2.24) is 0 Å². The molecule has 11 heavy (non-hydrogen) atoms. The molecular formula is C8H8O3. The predicted molar refractivity (Wildman–Crippen MR) is 39.7 cm³/mol. The van der Waals surface area contributed by atoms with Crippen molar-refractivity contribution < 1.29 is 14.9 Å². The lowest BCUT2D eigenvalue weighted by Gasteiger charge is -2.02. The van der Waals surface area contributed by atoms with E-state index in [-0.39, 0.29) is 0 Å². The van der Waals surface area contributed by atoms with E-state index in [1.54, 1.807) is 12.2 Å². The lowest BCUT2D eigenvalue weighted by molar-refractivity contribution is -0.187. The summed E-state index contributed by atoms with van der Waals surface area (Å²) in [5.74, 6) is 0. The summed E-state index contributed by atoms with van der Waals surface area (Å²) in [4.78, 5) is 14.1. The van der Waals surface area contributed by atoms with Crippen LogP contribution < -0.4 is 0 Å². The fraction of sp³-hybridized carbons (Fsp3) is 0.125. The van der Waals surface area contributed by atoms with Crippen LogP contribution in [0.2, 0.25) is 0 Å². The van der Waals surface area contributed by atoms with Gasteiger partial charge in [-0.1, -0.05) is 12.2 Å². The lowest BCUT2D eigenvalue weighted by Crippen LogP contribution is -1.89. The van der Waals surface area contributed by atoms with E-state index in [1.807, 2.05) is 6.08 Å². The van der Waals surface area contributed by atoms with E-state index in [0.29, 0.717) is 12.0 Å². The number of hydrogen-bond donors (Lipinski definition) is 1. The zero-order valence-corrected chi connectivity index (χ0v) is 5.86. The SMILES string of the molecule is O=CC1=CC(=COO)CC=C1. The highest BCUT2D eigenvalue weighted by Gasteiger charge is 1.99. The molecule has 0 atom stereocenters. The van der Waals surface area contributed by atoms with E-state index >= 15 is 0 Å². The van der Waals surface area contributed by atoms with Crippen molar-refractivity contribution in [2.75, 3.05) is 0 Å². The van der Waals surface area contributed by atoms with Crippen LogP contribution in [0.4, 0.5) is 0 Å². The van der Waals surface area contributed by atoms with E-state index in [2.05, 4.69) is 4.89 Å². The number of aldehydes is 1. The van der Waals surface area contributed by atoms with Crippen molar-refractivity contribution in [2.45, 2.75) is 6.42 Å². The van der Waals surface area contributed by atoms with Crippen LogP contribution in [0.1, 0.15) is 6.42 Å². The molecule has 0 bridgehead atoms. The number of hydrogen-bond acceptors (Lipinski definition) is 3. The first-order valence-electron chi connectivity index (χ1n) is 3.19. The molecule has 0 aromatic rings. The van der Waals surface area contributed by atoms with Crippen molar-refractivity contribution in [3.8, 4) is 0 Å². The topological polar surface area (TPSA) is 46.5 Å². The average Bonchev–Trinajstić information content (AvgIpc) is 2.06. The Morgan fingerprint density at radius 2 is 2.45 bits per heavy atom. The molecule has 0 unspecified atom stereocenters. The van der Waals surface area contributed by atoms with Gasteiger partial charge in [-0.3, -0.25) is 4.79 Å². The van der Waals surface area contributed by atoms with Crippen LogP contribution in [0.3, 0.4) is 0 Å². The highest BCUT2D eigenvalue weighted by molar-refractivity contribution is 5.79. The molecule has 1 aliphatic carbocycles. The second-order valence-corrected chi connectivity index (χ2v) is 2.17. The Balaban J connectivity index is 2.76. The second kappa shape index (κ2) is 3.73. The van der Waals surface area contributed by atoms with E-state index in [1.165, 1.54) is 6.26 Å². The normalized spacial score (nSPS) is 19.7. The first kappa shape index (κ1) is 7.75. The largest absolute Gasteiger partial charge is 0.348 e. The highest BCUT2D eigenvalue weighted by Crippen LogP contribution is 2.13. The Labute approximate surface area is 64.2 Å². The van der Waals surface area contributed by atoms with Gasteiger partial charge in [0.25, 0.3) is 0 Å². The zero-order chi connectivity index (χ0) is 8.10. The van der Waals surface area contributed by atoms with Gasteiger partial charge in [0.1, 0.15) is 12.5 Å². The Hall–Kier alpha value is -1.35. The Bertz CT molecular complexity index is 236. The van der Waals surface area contributed by atoms with Gasteiger partial charge in [0, 0.05) is 5.57 Å². The Morgan fingerprint density at radius 1 is 1.64 bits per heavy atom. The molecule has 3 nitrogen and oxygen atoms in total. The van der Waals surface area contributed by atoms with Gasteiger partial charge in [0.05, 0.1) is 0 Å². The van der Waals surface area contributed by atoms with Crippen LogP contribution in [0.5, 0.6) is 0 Å². The summed E-state index contributed by atoms with van der Waals surface area (Å²) >= 11 is 0. The van der Waals surface area contributed by atoms with E-state index < -0.39 is 0 Å². The molecule has 0 saturated heterocycles. The van der Waals surface area contributed by atoms with Gasteiger partial charge < -0.3 is 4.89 Å². The number of allylic oxidation sites excluding steroid dienone is 5. The number of carbonyl (C=O) groups excluding carboxylic acids is 1. The molecular weight excluding hydrogens is 144 g/mol. The third-order valence-corrected chi connectivity index (χ3v) is 1.36. The summed E-state index contributed by atoms with van der Waals surface area (Å²) in [7, 11) is 0.